The quantitative estimate of drug-likeness (QED) is 0.399. The maximum absolute atomic E-state index is 12.0. The fourth-order valence-electron chi connectivity index (χ4n) is 3.57. The van der Waals surface area contributed by atoms with Gasteiger partial charge in [0.2, 0.25) is 0 Å². The Balaban J connectivity index is 1.76. The summed E-state index contributed by atoms with van der Waals surface area (Å²) in [4.78, 5) is 36.0. The summed E-state index contributed by atoms with van der Waals surface area (Å²) in [6.07, 6.45) is 6.28. The number of imide groups is 1. The number of rotatable bonds is 10. The molecule has 7 nitrogen and oxygen atoms in total. The molecule has 3 N–H and O–H groups in total. The van der Waals surface area contributed by atoms with Crippen molar-refractivity contribution in [3.05, 3.63) is 0 Å². The molecule has 1 aliphatic heterocycles. The first kappa shape index (κ1) is 20.0. The number of carbonyl (C=O) groups excluding carboxylic acids is 2. The Morgan fingerprint density at radius 3 is 2.64 bits per heavy atom. The van der Waals surface area contributed by atoms with E-state index in [1.165, 1.54) is 23.1 Å². The molecule has 0 aromatic rings. The monoisotopic (exact) mass is 372 g/mol. The fraction of sp³-hybridized carbons (Fsp3) is 0.824. The number of thioether (sulfide) groups is 1. The highest BCUT2D eigenvalue weighted by Crippen LogP contribution is 2.28. The number of carbonyl (C=O) groups is 3. The second-order valence-corrected chi connectivity index (χ2v) is 8.03. The van der Waals surface area contributed by atoms with Crippen LogP contribution in [0.15, 0.2) is 0 Å². The van der Waals surface area contributed by atoms with Crippen molar-refractivity contribution in [2.75, 3.05) is 18.1 Å². The number of amides is 3. The van der Waals surface area contributed by atoms with E-state index in [4.69, 9.17) is 5.11 Å². The molecule has 2 rings (SSSR count). The number of aliphatic hydroxyl groups excluding tert-OH is 1. The Hall–Kier alpha value is -1.28. The van der Waals surface area contributed by atoms with E-state index >= 15 is 0 Å². The first-order chi connectivity index (χ1) is 12.0. The van der Waals surface area contributed by atoms with Crippen LogP contribution in [-0.2, 0) is 9.59 Å². The minimum Gasteiger partial charge on any atom is -0.481 e. The number of nitrogens with one attached hydrogen (secondary N) is 1. The predicted molar refractivity (Wildman–Crippen MR) is 95.4 cm³/mol. The summed E-state index contributed by atoms with van der Waals surface area (Å²) in [7, 11) is 0. The lowest BCUT2D eigenvalue weighted by molar-refractivity contribution is -0.136. The van der Waals surface area contributed by atoms with Crippen molar-refractivity contribution < 1.29 is 24.6 Å². The van der Waals surface area contributed by atoms with Gasteiger partial charge < -0.3 is 15.1 Å². The summed E-state index contributed by atoms with van der Waals surface area (Å²) in [6.45, 7) is 0.375. The number of carboxylic acids is 1. The zero-order valence-corrected chi connectivity index (χ0v) is 15.3. The topological polar surface area (TPSA) is 107 Å². The van der Waals surface area contributed by atoms with Crippen molar-refractivity contribution in [3.63, 3.8) is 0 Å². The molecule has 0 aromatic heterocycles. The first-order valence-electron chi connectivity index (χ1n) is 9.08. The molecular weight excluding hydrogens is 344 g/mol. The molecular formula is C17H28N2O5S. The Labute approximate surface area is 152 Å². The van der Waals surface area contributed by atoms with E-state index < -0.39 is 18.1 Å². The van der Waals surface area contributed by atoms with Crippen LogP contribution in [0.3, 0.4) is 0 Å². The van der Waals surface area contributed by atoms with Crippen molar-refractivity contribution in [1.82, 2.24) is 10.2 Å². The van der Waals surface area contributed by atoms with Gasteiger partial charge in [-0.3, -0.25) is 14.9 Å². The van der Waals surface area contributed by atoms with Crippen LogP contribution >= 0.6 is 11.8 Å². The minimum absolute atomic E-state index is 0.0950. The van der Waals surface area contributed by atoms with Gasteiger partial charge in [-0.15, -0.1) is 0 Å². The maximum atomic E-state index is 12.0. The average molecular weight is 372 g/mol. The van der Waals surface area contributed by atoms with E-state index in [0.29, 0.717) is 36.8 Å². The van der Waals surface area contributed by atoms with Gasteiger partial charge in [-0.25, -0.2) is 4.79 Å². The molecule has 1 aliphatic carbocycles. The summed E-state index contributed by atoms with van der Waals surface area (Å²) in [5.41, 5.74) is 0. The number of aliphatic hydroxyl groups is 1. The third-order valence-electron chi connectivity index (χ3n) is 5.03. The molecule has 0 radical (unpaired) electrons. The van der Waals surface area contributed by atoms with Gasteiger partial charge in [0.1, 0.15) is 6.04 Å². The van der Waals surface area contributed by atoms with Crippen LogP contribution in [0.5, 0.6) is 0 Å². The third kappa shape index (κ3) is 6.18. The standard InChI is InChI=1S/C17H28N2O5S/c20-14(12-4-2-1-3-5-12)6-9-19-13(16(23)18-17(19)24)7-10-25-11-8-15(21)22/h12-14,20H,1-11H2,(H,21,22)(H,18,23,24)/t13-,14+/m0/s1. The van der Waals surface area contributed by atoms with Gasteiger partial charge in [0, 0.05) is 12.3 Å². The highest BCUT2D eigenvalue weighted by Gasteiger charge is 2.38. The first-order valence-corrected chi connectivity index (χ1v) is 10.2. The van der Waals surface area contributed by atoms with E-state index in [0.717, 1.165) is 25.7 Å². The number of hydrogen-bond donors (Lipinski definition) is 3. The van der Waals surface area contributed by atoms with Crippen LogP contribution < -0.4 is 5.32 Å². The van der Waals surface area contributed by atoms with Gasteiger partial charge in [-0.05, 0) is 37.4 Å². The summed E-state index contributed by atoms with van der Waals surface area (Å²) < 4.78 is 0. The second kappa shape index (κ2) is 10.0. The fourth-order valence-corrected chi connectivity index (χ4v) is 4.48. The van der Waals surface area contributed by atoms with Crippen LogP contribution in [0, 0.1) is 5.92 Å². The van der Waals surface area contributed by atoms with Gasteiger partial charge in [-0.2, -0.15) is 11.8 Å². The van der Waals surface area contributed by atoms with Crippen LogP contribution in [0.4, 0.5) is 4.79 Å². The number of carboxylic acid groups (broad SMARTS) is 1. The molecule has 8 heteroatoms. The Morgan fingerprint density at radius 1 is 1.24 bits per heavy atom. The van der Waals surface area contributed by atoms with E-state index in [2.05, 4.69) is 5.32 Å². The molecule has 2 fully saturated rings. The van der Waals surface area contributed by atoms with Crippen molar-refractivity contribution >= 4 is 29.7 Å². The summed E-state index contributed by atoms with van der Waals surface area (Å²) >= 11 is 1.47. The largest absolute Gasteiger partial charge is 0.481 e. The smallest absolute Gasteiger partial charge is 0.324 e. The van der Waals surface area contributed by atoms with E-state index in [9.17, 15) is 19.5 Å². The van der Waals surface area contributed by atoms with E-state index in [1.807, 2.05) is 0 Å². The molecule has 2 atom stereocenters. The van der Waals surface area contributed by atoms with Gasteiger partial charge >= 0.3 is 12.0 Å². The highest BCUT2D eigenvalue weighted by molar-refractivity contribution is 7.99. The molecule has 1 saturated heterocycles. The van der Waals surface area contributed by atoms with Gasteiger partial charge in [0.15, 0.2) is 0 Å². The molecule has 0 spiro atoms. The van der Waals surface area contributed by atoms with Crippen molar-refractivity contribution in [1.29, 1.82) is 0 Å². The maximum Gasteiger partial charge on any atom is 0.324 e. The average Bonchev–Trinajstić information content (AvgIpc) is 2.86. The molecule has 1 heterocycles. The van der Waals surface area contributed by atoms with Crippen LogP contribution in [0.25, 0.3) is 0 Å². The summed E-state index contributed by atoms with van der Waals surface area (Å²) in [5.74, 6) is 0.300. The molecule has 0 unspecified atom stereocenters. The van der Waals surface area contributed by atoms with E-state index in [-0.39, 0.29) is 18.4 Å². The minimum atomic E-state index is -0.834. The summed E-state index contributed by atoms with van der Waals surface area (Å²) in [5, 5.41) is 21.3. The number of aliphatic carboxylic acids is 1. The van der Waals surface area contributed by atoms with Crippen molar-refractivity contribution in [2.45, 2.75) is 63.5 Å². The van der Waals surface area contributed by atoms with Crippen molar-refractivity contribution in [2.24, 2.45) is 5.92 Å². The van der Waals surface area contributed by atoms with Crippen LogP contribution in [0.1, 0.15) is 51.4 Å². The number of nitrogens with zero attached hydrogens (tertiary/aromatic N) is 1. The molecule has 142 valence electrons. The third-order valence-corrected chi connectivity index (χ3v) is 6.04. The molecule has 25 heavy (non-hydrogen) atoms. The number of urea groups is 1. The Kier molecular flexibility index (Phi) is 8.02. The molecule has 3 amide bonds. The predicted octanol–water partition coefficient (Wildman–Crippen LogP) is 1.84. The summed E-state index contributed by atoms with van der Waals surface area (Å²) in [6, 6.07) is -0.898. The SMILES string of the molecule is O=C(O)CCSCC[C@H]1C(=O)NC(=O)N1CC[C@@H](O)C1CCCCC1. The Morgan fingerprint density at radius 2 is 1.96 bits per heavy atom. The lowest BCUT2D eigenvalue weighted by atomic mass is 9.84. The zero-order chi connectivity index (χ0) is 18.2. The van der Waals surface area contributed by atoms with Gasteiger partial charge in [-0.1, -0.05) is 19.3 Å². The molecule has 0 bridgehead atoms. The second-order valence-electron chi connectivity index (χ2n) is 6.80. The molecule has 2 aliphatic rings. The highest BCUT2D eigenvalue weighted by atomic mass is 32.2. The normalized spacial score (nSPS) is 22.9. The van der Waals surface area contributed by atoms with E-state index in [1.54, 1.807) is 0 Å². The van der Waals surface area contributed by atoms with Gasteiger partial charge in [0.05, 0.1) is 12.5 Å². The molecule has 1 saturated carbocycles. The van der Waals surface area contributed by atoms with Crippen LogP contribution in [0.2, 0.25) is 0 Å². The van der Waals surface area contributed by atoms with Crippen molar-refractivity contribution in [3.8, 4) is 0 Å². The van der Waals surface area contributed by atoms with Crippen LogP contribution in [-0.4, -0.2) is 63.2 Å². The molecule has 0 aromatic carbocycles. The zero-order valence-electron chi connectivity index (χ0n) is 14.5. The number of hydrogen-bond acceptors (Lipinski definition) is 5. The van der Waals surface area contributed by atoms with Gasteiger partial charge in [0.25, 0.3) is 5.91 Å². The Bertz CT molecular complexity index is 482. The lowest BCUT2D eigenvalue weighted by Gasteiger charge is -2.29. The lowest BCUT2D eigenvalue weighted by Crippen LogP contribution is -2.38.